The van der Waals surface area contributed by atoms with Crippen LogP contribution in [0.5, 0.6) is 5.75 Å². The molecule has 0 radical (unpaired) electrons. The highest BCUT2D eigenvalue weighted by atomic mass is 16.6. The third-order valence-corrected chi connectivity index (χ3v) is 4.03. The van der Waals surface area contributed by atoms with Crippen molar-refractivity contribution < 1.29 is 19.2 Å². The van der Waals surface area contributed by atoms with Gasteiger partial charge in [0.25, 0.3) is 5.69 Å². The molecule has 2 aromatic rings. The third-order valence-electron chi connectivity index (χ3n) is 4.03. The Morgan fingerprint density at radius 3 is 2.68 bits per heavy atom. The van der Waals surface area contributed by atoms with Gasteiger partial charge in [-0.25, -0.2) is 0 Å². The number of hydrogen-bond acceptors (Lipinski definition) is 5. The first-order valence-corrected chi connectivity index (χ1v) is 7.93. The lowest BCUT2D eigenvalue weighted by molar-refractivity contribution is -0.384. The van der Waals surface area contributed by atoms with Crippen molar-refractivity contribution in [1.29, 1.82) is 0 Å². The summed E-state index contributed by atoms with van der Waals surface area (Å²) in [6.07, 6.45) is 0. The van der Waals surface area contributed by atoms with Gasteiger partial charge < -0.3 is 14.0 Å². The van der Waals surface area contributed by atoms with Crippen molar-refractivity contribution in [2.24, 2.45) is 0 Å². The van der Waals surface area contributed by atoms with Gasteiger partial charge >= 0.3 is 0 Å². The van der Waals surface area contributed by atoms with Crippen molar-refractivity contribution in [3.05, 3.63) is 57.4 Å². The Bertz CT molecular complexity index is 782. The number of aromatic nitrogens is 1. The Hall–Kier alpha value is -2.67. The van der Waals surface area contributed by atoms with E-state index in [0.29, 0.717) is 17.9 Å². The number of ether oxygens (including phenoxy) is 2. The maximum atomic E-state index is 12.5. The van der Waals surface area contributed by atoms with Gasteiger partial charge in [-0.15, -0.1) is 0 Å². The summed E-state index contributed by atoms with van der Waals surface area (Å²) in [6, 6.07) is 7.74. The molecular formula is C18H22N2O5. The molecule has 0 saturated carbocycles. The Morgan fingerprint density at radius 2 is 2.04 bits per heavy atom. The van der Waals surface area contributed by atoms with E-state index >= 15 is 0 Å². The summed E-state index contributed by atoms with van der Waals surface area (Å²) in [5, 5.41) is 10.8. The first-order chi connectivity index (χ1) is 11.8. The van der Waals surface area contributed by atoms with Crippen LogP contribution in [0.4, 0.5) is 5.69 Å². The average molecular weight is 346 g/mol. The molecule has 0 fully saturated rings. The maximum absolute atomic E-state index is 12.5. The van der Waals surface area contributed by atoms with Crippen molar-refractivity contribution in [2.45, 2.75) is 26.8 Å². The molecule has 0 spiro atoms. The Morgan fingerprint density at radius 1 is 1.32 bits per heavy atom. The smallest absolute Gasteiger partial charge is 0.273 e. The number of benzene rings is 1. The summed E-state index contributed by atoms with van der Waals surface area (Å²) >= 11 is 0. The second kappa shape index (κ2) is 7.94. The van der Waals surface area contributed by atoms with Crippen LogP contribution in [-0.4, -0.2) is 35.6 Å². The molecule has 1 atom stereocenters. The zero-order chi connectivity index (χ0) is 18.6. The molecule has 0 N–H and O–H groups in total. The second-order valence-electron chi connectivity index (χ2n) is 5.93. The molecule has 0 aliphatic carbocycles. The lowest BCUT2D eigenvalue weighted by Gasteiger charge is -2.17. The van der Waals surface area contributed by atoms with E-state index in [1.165, 1.54) is 18.2 Å². The van der Waals surface area contributed by atoms with Gasteiger partial charge in [0.2, 0.25) is 5.78 Å². The molecule has 0 unspecified atom stereocenters. The van der Waals surface area contributed by atoms with Gasteiger partial charge in [-0.05, 0) is 32.9 Å². The molecule has 2 rings (SSSR count). The first kappa shape index (κ1) is 18.7. The number of carbonyl (C=O) groups excluding carboxylic acids is 1. The average Bonchev–Trinajstić information content (AvgIpc) is 2.87. The highest BCUT2D eigenvalue weighted by Gasteiger charge is 2.19. The monoisotopic (exact) mass is 346 g/mol. The van der Waals surface area contributed by atoms with Gasteiger partial charge in [0, 0.05) is 30.1 Å². The number of Topliss-reactive ketones (excluding diaryl/α,β-unsaturated/α-hetero) is 1. The van der Waals surface area contributed by atoms with Gasteiger partial charge in [0.05, 0.1) is 23.6 Å². The minimum atomic E-state index is -0.501. The van der Waals surface area contributed by atoms with Crippen molar-refractivity contribution in [3.8, 4) is 5.75 Å². The third kappa shape index (κ3) is 4.24. The Labute approximate surface area is 146 Å². The quantitative estimate of drug-likeness (QED) is 0.415. The summed E-state index contributed by atoms with van der Waals surface area (Å²) in [4.78, 5) is 22.8. The maximum Gasteiger partial charge on any atom is 0.273 e. The normalized spacial score (nSPS) is 12.0. The summed E-state index contributed by atoms with van der Waals surface area (Å²) in [5.41, 5.74) is 2.35. The van der Waals surface area contributed by atoms with Crippen LogP contribution in [0.1, 0.15) is 34.7 Å². The second-order valence-corrected chi connectivity index (χ2v) is 5.93. The molecule has 134 valence electrons. The molecule has 0 aliphatic rings. The van der Waals surface area contributed by atoms with Gasteiger partial charge in [0.1, 0.15) is 5.75 Å². The van der Waals surface area contributed by atoms with Gasteiger partial charge in [-0.2, -0.15) is 0 Å². The van der Waals surface area contributed by atoms with E-state index in [4.69, 9.17) is 9.47 Å². The number of nitrogens with zero attached hydrogens (tertiary/aromatic N) is 2. The molecule has 1 aromatic heterocycles. The zero-order valence-corrected chi connectivity index (χ0v) is 14.8. The van der Waals surface area contributed by atoms with Crippen molar-refractivity contribution >= 4 is 11.5 Å². The number of methoxy groups -OCH3 is 1. The minimum absolute atomic E-state index is 0.0727. The highest BCUT2D eigenvalue weighted by Crippen LogP contribution is 2.22. The minimum Gasteiger partial charge on any atom is -0.485 e. The van der Waals surface area contributed by atoms with Crippen LogP contribution in [0.2, 0.25) is 0 Å². The van der Waals surface area contributed by atoms with Crippen LogP contribution < -0.4 is 4.74 Å². The van der Waals surface area contributed by atoms with Crippen LogP contribution in [0, 0.1) is 24.0 Å². The fourth-order valence-corrected chi connectivity index (χ4v) is 2.97. The van der Waals surface area contributed by atoms with E-state index in [2.05, 4.69) is 4.57 Å². The summed E-state index contributed by atoms with van der Waals surface area (Å²) < 4.78 is 12.7. The number of ketones is 1. The van der Waals surface area contributed by atoms with Gasteiger partial charge in [0.15, 0.2) is 6.61 Å². The van der Waals surface area contributed by atoms with Gasteiger partial charge in [-0.1, -0.05) is 6.07 Å². The topological polar surface area (TPSA) is 83.6 Å². The van der Waals surface area contributed by atoms with Gasteiger partial charge in [-0.3, -0.25) is 14.9 Å². The van der Waals surface area contributed by atoms with E-state index in [1.807, 2.05) is 26.8 Å². The predicted octanol–water partition coefficient (Wildman–Crippen LogP) is 3.48. The number of non-ortho nitro benzene ring substituents is 1. The van der Waals surface area contributed by atoms with E-state index in [0.717, 1.165) is 11.4 Å². The summed E-state index contributed by atoms with van der Waals surface area (Å²) in [6.45, 7) is 6.23. The molecule has 0 bridgehead atoms. The lowest BCUT2D eigenvalue weighted by atomic mass is 10.1. The largest absolute Gasteiger partial charge is 0.485 e. The number of carbonyl (C=O) groups is 1. The summed E-state index contributed by atoms with van der Waals surface area (Å²) in [5.74, 6) is 0.125. The standard InChI is InChI=1S/C18H22N2O5/c1-12-8-17(14(3)19(12)13(2)10-24-4)18(21)11-25-16-7-5-6-15(9-16)20(22)23/h5-9,13H,10-11H2,1-4H3/t13-/m0/s1. The van der Waals surface area contributed by atoms with E-state index in [9.17, 15) is 14.9 Å². The first-order valence-electron chi connectivity index (χ1n) is 7.93. The zero-order valence-electron chi connectivity index (χ0n) is 14.8. The lowest BCUT2D eigenvalue weighted by Crippen LogP contribution is -2.16. The predicted molar refractivity (Wildman–Crippen MR) is 93.4 cm³/mol. The van der Waals surface area contributed by atoms with E-state index in [-0.39, 0.29) is 24.1 Å². The molecular weight excluding hydrogens is 324 g/mol. The van der Waals surface area contributed by atoms with E-state index < -0.39 is 4.92 Å². The van der Waals surface area contributed by atoms with Crippen LogP contribution in [-0.2, 0) is 4.74 Å². The van der Waals surface area contributed by atoms with Crippen molar-refractivity contribution in [3.63, 3.8) is 0 Å². The molecule has 25 heavy (non-hydrogen) atoms. The number of nitro groups is 1. The number of hydrogen-bond donors (Lipinski definition) is 0. The number of rotatable bonds is 8. The molecule has 1 heterocycles. The van der Waals surface area contributed by atoms with Crippen LogP contribution in [0.3, 0.4) is 0 Å². The highest BCUT2D eigenvalue weighted by molar-refractivity contribution is 5.98. The molecule has 0 amide bonds. The fourth-order valence-electron chi connectivity index (χ4n) is 2.97. The number of nitro benzene ring substituents is 1. The Balaban J connectivity index is 2.13. The molecule has 0 saturated heterocycles. The summed E-state index contributed by atoms with van der Waals surface area (Å²) in [7, 11) is 1.64. The van der Waals surface area contributed by atoms with Crippen LogP contribution >= 0.6 is 0 Å². The SMILES string of the molecule is COC[C@H](C)n1c(C)cc(C(=O)COc2cccc([N+](=O)[O-])c2)c1C. The molecule has 7 heteroatoms. The van der Waals surface area contributed by atoms with Crippen LogP contribution in [0.15, 0.2) is 30.3 Å². The fraction of sp³-hybridized carbons (Fsp3) is 0.389. The van der Waals surface area contributed by atoms with E-state index in [1.54, 1.807) is 13.2 Å². The Kier molecular flexibility index (Phi) is 5.93. The van der Waals surface area contributed by atoms with Crippen molar-refractivity contribution in [1.82, 2.24) is 4.57 Å². The molecule has 1 aromatic carbocycles. The van der Waals surface area contributed by atoms with Crippen LogP contribution in [0.25, 0.3) is 0 Å². The van der Waals surface area contributed by atoms with Crippen molar-refractivity contribution in [2.75, 3.05) is 20.3 Å². The number of aryl methyl sites for hydroxylation is 1. The molecule has 7 nitrogen and oxygen atoms in total. The molecule has 0 aliphatic heterocycles.